The zero-order chi connectivity index (χ0) is 21.8. The zero-order valence-electron chi connectivity index (χ0n) is 16.5. The number of furan rings is 1. The van der Waals surface area contributed by atoms with Crippen molar-refractivity contribution >= 4 is 23.5 Å². The highest BCUT2D eigenvalue weighted by atomic mass is 35.5. The molecule has 0 radical (unpaired) electrons. The maximum atomic E-state index is 13.3. The highest BCUT2D eigenvalue weighted by Crippen LogP contribution is 2.28. The molecule has 2 aromatic heterocycles. The Morgan fingerprint density at radius 2 is 2.06 bits per heavy atom. The molecule has 7 nitrogen and oxygen atoms in total. The molecule has 0 aliphatic carbocycles. The summed E-state index contributed by atoms with van der Waals surface area (Å²) >= 11 is 6.15. The van der Waals surface area contributed by atoms with Gasteiger partial charge in [-0.05, 0) is 48.4 Å². The van der Waals surface area contributed by atoms with E-state index in [-0.39, 0.29) is 24.1 Å². The summed E-state index contributed by atoms with van der Waals surface area (Å²) in [7, 11) is 0. The van der Waals surface area contributed by atoms with Crippen LogP contribution >= 0.6 is 11.6 Å². The monoisotopic (exact) mass is 440 g/mol. The van der Waals surface area contributed by atoms with Crippen LogP contribution in [0.4, 0.5) is 10.3 Å². The Kier molecular flexibility index (Phi) is 5.99. The molecular weight excluding hydrogens is 423 g/mol. The molecule has 0 aliphatic heterocycles. The summed E-state index contributed by atoms with van der Waals surface area (Å²) in [5.41, 5.74) is 1.63. The van der Waals surface area contributed by atoms with E-state index in [9.17, 15) is 9.18 Å². The van der Waals surface area contributed by atoms with Gasteiger partial charge in [-0.1, -0.05) is 35.9 Å². The van der Waals surface area contributed by atoms with Gasteiger partial charge in [0.1, 0.15) is 30.3 Å². The molecule has 4 rings (SSSR count). The summed E-state index contributed by atoms with van der Waals surface area (Å²) in [6.07, 6.45) is 1.45. The first-order valence-electron chi connectivity index (χ1n) is 9.40. The average Bonchev–Trinajstić information content (AvgIpc) is 3.37. The number of halogens is 2. The standard InChI is InChI=1S/C22H18ClFN4O3/c1-14-4-2-7-18(23)20(14)30-12-17-8-9-19(31-17)21(29)26-22-25-13-28(27-22)11-15-5-3-6-16(24)10-15/h2-10,13H,11-12H2,1H3,(H,26,27,29). The van der Waals surface area contributed by atoms with Crippen LogP contribution in [0.25, 0.3) is 0 Å². The smallest absolute Gasteiger partial charge is 0.293 e. The number of amides is 1. The molecule has 0 bridgehead atoms. The molecule has 0 spiro atoms. The third kappa shape index (κ3) is 5.10. The van der Waals surface area contributed by atoms with E-state index in [0.29, 0.717) is 23.1 Å². The number of benzene rings is 2. The Bertz CT molecular complexity index is 1200. The van der Waals surface area contributed by atoms with E-state index < -0.39 is 5.91 Å². The summed E-state index contributed by atoms with van der Waals surface area (Å²) in [6.45, 7) is 2.34. The Hall–Kier alpha value is -3.65. The number of nitrogens with zero attached hydrogens (tertiary/aromatic N) is 3. The van der Waals surface area contributed by atoms with Crippen molar-refractivity contribution in [3.8, 4) is 5.75 Å². The number of carbonyl (C=O) groups is 1. The summed E-state index contributed by atoms with van der Waals surface area (Å²) < 4.78 is 26.1. The number of ether oxygens (including phenoxy) is 1. The lowest BCUT2D eigenvalue weighted by Gasteiger charge is -2.09. The van der Waals surface area contributed by atoms with Crippen molar-refractivity contribution in [1.82, 2.24) is 14.8 Å². The van der Waals surface area contributed by atoms with Gasteiger partial charge in [-0.25, -0.2) is 14.1 Å². The molecule has 9 heteroatoms. The van der Waals surface area contributed by atoms with Crippen LogP contribution in [0.2, 0.25) is 5.02 Å². The normalized spacial score (nSPS) is 10.8. The van der Waals surface area contributed by atoms with Crippen LogP contribution in [0.15, 0.2) is 65.3 Å². The van der Waals surface area contributed by atoms with E-state index in [1.54, 1.807) is 24.3 Å². The Labute approximate surface area is 182 Å². The van der Waals surface area contributed by atoms with Crippen molar-refractivity contribution in [2.24, 2.45) is 0 Å². The van der Waals surface area contributed by atoms with Gasteiger partial charge in [0.15, 0.2) is 5.76 Å². The van der Waals surface area contributed by atoms with Gasteiger partial charge in [0, 0.05) is 0 Å². The largest absolute Gasteiger partial charge is 0.484 e. The topological polar surface area (TPSA) is 82.2 Å². The third-order valence-electron chi connectivity index (χ3n) is 4.40. The first kappa shape index (κ1) is 20.6. The van der Waals surface area contributed by atoms with E-state index in [2.05, 4.69) is 15.4 Å². The average molecular weight is 441 g/mol. The second kappa shape index (κ2) is 9.01. The summed E-state index contributed by atoms with van der Waals surface area (Å²) in [4.78, 5) is 16.5. The summed E-state index contributed by atoms with van der Waals surface area (Å²) in [6, 6.07) is 14.8. The van der Waals surface area contributed by atoms with E-state index >= 15 is 0 Å². The number of hydrogen-bond acceptors (Lipinski definition) is 5. The number of rotatable bonds is 7. The van der Waals surface area contributed by atoms with Crippen LogP contribution in [0.3, 0.4) is 0 Å². The molecule has 31 heavy (non-hydrogen) atoms. The number of anilines is 1. The van der Waals surface area contributed by atoms with Crippen molar-refractivity contribution in [1.29, 1.82) is 0 Å². The van der Waals surface area contributed by atoms with Crippen molar-refractivity contribution < 1.29 is 18.3 Å². The van der Waals surface area contributed by atoms with Gasteiger partial charge in [0.05, 0.1) is 11.6 Å². The molecule has 158 valence electrons. The number of carbonyl (C=O) groups excluding carboxylic acids is 1. The Morgan fingerprint density at radius 3 is 2.87 bits per heavy atom. The number of aromatic nitrogens is 3. The van der Waals surface area contributed by atoms with Gasteiger partial charge >= 0.3 is 0 Å². The molecule has 1 N–H and O–H groups in total. The lowest BCUT2D eigenvalue weighted by atomic mass is 10.2. The van der Waals surface area contributed by atoms with Crippen LogP contribution in [0, 0.1) is 12.7 Å². The quantitative estimate of drug-likeness (QED) is 0.444. The maximum Gasteiger partial charge on any atom is 0.293 e. The molecule has 0 unspecified atom stereocenters. The molecule has 1 amide bonds. The lowest BCUT2D eigenvalue weighted by molar-refractivity contribution is 0.0991. The van der Waals surface area contributed by atoms with Gasteiger partial charge < -0.3 is 9.15 Å². The fourth-order valence-corrected chi connectivity index (χ4v) is 3.21. The van der Waals surface area contributed by atoms with E-state index in [1.165, 1.54) is 29.2 Å². The van der Waals surface area contributed by atoms with Crippen molar-refractivity contribution in [2.75, 3.05) is 5.32 Å². The fourth-order valence-electron chi connectivity index (χ4n) is 2.93. The van der Waals surface area contributed by atoms with Gasteiger partial charge in [0.2, 0.25) is 5.95 Å². The zero-order valence-corrected chi connectivity index (χ0v) is 17.3. The van der Waals surface area contributed by atoms with Crippen LogP contribution in [0.5, 0.6) is 5.75 Å². The Balaban J connectivity index is 1.35. The molecule has 2 aromatic carbocycles. The molecule has 2 heterocycles. The summed E-state index contributed by atoms with van der Waals surface area (Å²) in [5, 5.41) is 7.25. The molecule has 0 atom stereocenters. The van der Waals surface area contributed by atoms with Crippen LogP contribution in [-0.2, 0) is 13.2 Å². The minimum Gasteiger partial charge on any atom is -0.484 e. The number of para-hydroxylation sites is 1. The van der Waals surface area contributed by atoms with E-state index in [4.69, 9.17) is 20.8 Å². The van der Waals surface area contributed by atoms with Gasteiger partial charge in [-0.3, -0.25) is 10.1 Å². The highest BCUT2D eigenvalue weighted by Gasteiger charge is 2.15. The SMILES string of the molecule is Cc1cccc(Cl)c1OCc1ccc(C(=O)Nc2ncn(Cc3cccc(F)c3)n2)o1. The van der Waals surface area contributed by atoms with Gasteiger partial charge in [-0.15, -0.1) is 5.10 Å². The third-order valence-corrected chi connectivity index (χ3v) is 4.70. The number of aryl methyl sites for hydroxylation is 1. The fraction of sp³-hybridized carbons (Fsp3) is 0.136. The predicted octanol–water partition coefficient (Wildman–Crippen LogP) is 4.85. The van der Waals surface area contributed by atoms with Crippen molar-refractivity contribution in [3.63, 3.8) is 0 Å². The van der Waals surface area contributed by atoms with Crippen molar-refractivity contribution in [2.45, 2.75) is 20.1 Å². The van der Waals surface area contributed by atoms with Crippen LogP contribution in [0.1, 0.15) is 27.4 Å². The predicted molar refractivity (Wildman–Crippen MR) is 113 cm³/mol. The minimum absolute atomic E-state index is 0.0935. The molecule has 0 aliphatic rings. The minimum atomic E-state index is -0.497. The van der Waals surface area contributed by atoms with Gasteiger partial charge in [0.25, 0.3) is 5.91 Å². The highest BCUT2D eigenvalue weighted by molar-refractivity contribution is 6.32. The summed E-state index contributed by atoms with van der Waals surface area (Å²) in [5.74, 6) is 0.420. The molecular formula is C22H18ClFN4O3. The number of hydrogen-bond donors (Lipinski definition) is 1. The Morgan fingerprint density at radius 1 is 1.23 bits per heavy atom. The van der Waals surface area contributed by atoms with Crippen LogP contribution < -0.4 is 10.1 Å². The second-order valence-corrected chi connectivity index (χ2v) is 7.20. The maximum absolute atomic E-state index is 13.3. The number of nitrogens with one attached hydrogen (secondary N) is 1. The molecule has 0 saturated carbocycles. The molecule has 0 fully saturated rings. The van der Waals surface area contributed by atoms with Gasteiger partial charge in [-0.2, -0.15) is 0 Å². The second-order valence-electron chi connectivity index (χ2n) is 6.79. The molecule has 0 saturated heterocycles. The van der Waals surface area contributed by atoms with E-state index in [0.717, 1.165) is 11.1 Å². The first-order chi connectivity index (χ1) is 15.0. The van der Waals surface area contributed by atoms with E-state index in [1.807, 2.05) is 19.1 Å². The van der Waals surface area contributed by atoms with Crippen LogP contribution in [-0.4, -0.2) is 20.7 Å². The van der Waals surface area contributed by atoms with Crippen molar-refractivity contribution in [3.05, 3.63) is 94.4 Å². The first-order valence-corrected chi connectivity index (χ1v) is 9.77. The lowest BCUT2D eigenvalue weighted by Crippen LogP contribution is -2.12. The molecule has 4 aromatic rings.